The number of rotatable bonds is 6. The van der Waals surface area contributed by atoms with Crippen molar-refractivity contribution in [2.24, 2.45) is 0 Å². The van der Waals surface area contributed by atoms with Crippen LogP contribution >= 0.6 is 12.6 Å². The molecule has 0 rings (SSSR count). The Balaban J connectivity index is 3.04. The Morgan fingerprint density at radius 3 is 2.73 bits per heavy atom. The quantitative estimate of drug-likeness (QED) is 0.356. The van der Waals surface area contributed by atoms with E-state index < -0.39 is 0 Å². The fourth-order valence-electron chi connectivity index (χ4n) is 0.563. The highest BCUT2D eigenvalue weighted by atomic mass is 32.1. The average molecular weight is 178 g/mol. The maximum absolute atomic E-state index is 10.7. The maximum atomic E-state index is 10.7. The summed E-state index contributed by atoms with van der Waals surface area (Å²) in [6.45, 7) is 0.567. The number of carbonyl (C=O) groups excluding carboxylic acids is 1. The molecule has 0 saturated heterocycles. The van der Waals surface area contributed by atoms with Crippen LogP contribution in [0.4, 0.5) is 0 Å². The Labute approximate surface area is 72.2 Å². The van der Waals surface area contributed by atoms with Crippen LogP contribution in [0.5, 0.6) is 0 Å². The zero-order valence-electron chi connectivity index (χ0n) is 6.45. The van der Waals surface area contributed by atoms with E-state index in [4.69, 9.17) is 9.84 Å². The largest absolute Gasteiger partial charge is 0.466 e. The summed E-state index contributed by atoms with van der Waals surface area (Å²) in [5, 5.41) is 8.38. The Hall–Kier alpha value is -0.220. The number of thiol groups is 1. The zero-order valence-corrected chi connectivity index (χ0v) is 7.35. The van der Waals surface area contributed by atoms with Crippen molar-refractivity contribution in [3.8, 4) is 0 Å². The topological polar surface area (TPSA) is 46.5 Å². The van der Waals surface area contributed by atoms with E-state index in [0.717, 1.165) is 6.42 Å². The second kappa shape index (κ2) is 7.88. The highest BCUT2D eigenvalue weighted by molar-refractivity contribution is 7.80. The highest BCUT2D eigenvalue weighted by Gasteiger charge is 1.98. The molecule has 0 fully saturated rings. The molecule has 0 aromatic rings. The van der Waals surface area contributed by atoms with Crippen LogP contribution in [0.3, 0.4) is 0 Å². The molecule has 0 aliphatic carbocycles. The number of ether oxygens (including phenoxy) is 1. The Kier molecular flexibility index (Phi) is 7.72. The van der Waals surface area contributed by atoms with Crippen LogP contribution in [-0.2, 0) is 9.53 Å². The van der Waals surface area contributed by atoms with E-state index in [1.807, 2.05) is 0 Å². The average Bonchev–Trinajstić information content (AvgIpc) is 1.99. The first-order valence-electron chi connectivity index (χ1n) is 3.68. The van der Waals surface area contributed by atoms with E-state index in [-0.39, 0.29) is 12.6 Å². The molecule has 0 aromatic heterocycles. The maximum Gasteiger partial charge on any atom is 0.306 e. The van der Waals surface area contributed by atoms with Gasteiger partial charge in [0.2, 0.25) is 0 Å². The summed E-state index contributed by atoms with van der Waals surface area (Å²) >= 11 is 3.88. The molecule has 0 heterocycles. The molecule has 0 aliphatic rings. The minimum absolute atomic E-state index is 0.157. The van der Waals surface area contributed by atoms with Crippen LogP contribution < -0.4 is 0 Å². The molecule has 0 spiro atoms. The number of esters is 1. The van der Waals surface area contributed by atoms with Gasteiger partial charge in [0.15, 0.2) is 0 Å². The van der Waals surface area contributed by atoms with Crippen molar-refractivity contribution in [2.45, 2.75) is 19.3 Å². The first-order valence-corrected chi connectivity index (χ1v) is 4.32. The lowest BCUT2D eigenvalue weighted by atomic mass is 10.3. The van der Waals surface area contributed by atoms with Crippen LogP contribution in [0.2, 0.25) is 0 Å². The molecule has 0 saturated carbocycles. The summed E-state index contributed by atoms with van der Waals surface area (Å²) in [6.07, 6.45) is 1.78. The van der Waals surface area contributed by atoms with Gasteiger partial charge < -0.3 is 9.84 Å². The van der Waals surface area contributed by atoms with Gasteiger partial charge in [-0.2, -0.15) is 12.6 Å². The monoisotopic (exact) mass is 178 g/mol. The number of hydrogen-bond acceptors (Lipinski definition) is 4. The summed E-state index contributed by atoms with van der Waals surface area (Å²) in [5.41, 5.74) is 0. The van der Waals surface area contributed by atoms with E-state index >= 15 is 0 Å². The summed E-state index contributed by atoms with van der Waals surface area (Å²) in [5.74, 6) is 0.316. The number of carbonyl (C=O) groups is 1. The predicted octanol–water partition coefficient (Wildman–Crippen LogP) is 0.622. The summed E-state index contributed by atoms with van der Waals surface area (Å²) in [4.78, 5) is 10.7. The first kappa shape index (κ1) is 10.8. The van der Waals surface area contributed by atoms with Gasteiger partial charge in [-0.25, -0.2) is 0 Å². The lowest BCUT2D eigenvalue weighted by Crippen LogP contribution is -2.06. The Morgan fingerprint density at radius 1 is 1.45 bits per heavy atom. The number of hydrogen-bond donors (Lipinski definition) is 2. The van der Waals surface area contributed by atoms with Gasteiger partial charge in [0.25, 0.3) is 0 Å². The number of aliphatic hydroxyl groups excluding tert-OH is 1. The molecular weight excluding hydrogens is 164 g/mol. The third-order valence-electron chi connectivity index (χ3n) is 1.13. The smallest absolute Gasteiger partial charge is 0.306 e. The molecule has 1 N–H and O–H groups in total. The molecular formula is C7H14O3S. The summed E-state index contributed by atoms with van der Waals surface area (Å²) in [7, 11) is 0. The standard InChI is InChI=1S/C7H14O3S/c8-4-1-2-5-10-7(9)3-6-11/h8,11H,1-6H2. The van der Waals surface area contributed by atoms with Gasteiger partial charge in [-0.05, 0) is 12.8 Å². The summed E-state index contributed by atoms with van der Waals surface area (Å²) < 4.78 is 4.79. The van der Waals surface area contributed by atoms with Crippen molar-refractivity contribution in [3.63, 3.8) is 0 Å². The molecule has 0 unspecified atom stereocenters. The lowest BCUT2D eigenvalue weighted by molar-refractivity contribution is -0.143. The van der Waals surface area contributed by atoms with Gasteiger partial charge in [0.1, 0.15) is 0 Å². The molecule has 0 radical (unpaired) electrons. The van der Waals surface area contributed by atoms with Crippen molar-refractivity contribution in [2.75, 3.05) is 19.0 Å². The predicted molar refractivity (Wildman–Crippen MR) is 45.7 cm³/mol. The van der Waals surface area contributed by atoms with E-state index in [9.17, 15) is 4.79 Å². The van der Waals surface area contributed by atoms with Crippen LogP contribution in [0, 0.1) is 0 Å². The SMILES string of the molecule is O=C(CCS)OCCCCO. The number of aliphatic hydroxyl groups is 1. The van der Waals surface area contributed by atoms with Crippen molar-refractivity contribution in [1.29, 1.82) is 0 Å². The Morgan fingerprint density at radius 2 is 2.18 bits per heavy atom. The third kappa shape index (κ3) is 7.68. The van der Waals surface area contributed by atoms with Gasteiger partial charge in [0, 0.05) is 12.4 Å². The minimum Gasteiger partial charge on any atom is -0.466 e. The van der Waals surface area contributed by atoms with E-state index in [2.05, 4.69) is 12.6 Å². The fraction of sp³-hybridized carbons (Fsp3) is 0.857. The Bertz CT molecular complexity index is 106. The van der Waals surface area contributed by atoms with E-state index in [1.54, 1.807) is 0 Å². The summed E-state index contributed by atoms with van der Waals surface area (Å²) in [6, 6.07) is 0. The van der Waals surface area contributed by atoms with Gasteiger partial charge in [0.05, 0.1) is 13.0 Å². The van der Waals surface area contributed by atoms with Crippen molar-refractivity contribution < 1.29 is 14.6 Å². The van der Waals surface area contributed by atoms with Crippen LogP contribution in [0.15, 0.2) is 0 Å². The molecule has 4 heteroatoms. The van der Waals surface area contributed by atoms with Gasteiger partial charge >= 0.3 is 5.97 Å². The van der Waals surface area contributed by atoms with Gasteiger partial charge in [-0.1, -0.05) is 0 Å². The second-order valence-electron chi connectivity index (χ2n) is 2.12. The van der Waals surface area contributed by atoms with Gasteiger partial charge in [-0.3, -0.25) is 4.79 Å². The van der Waals surface area contributed by atoms with Crippen LogP contribution in [0.25, 0.3) is 0 Å². The minimum atomic E-state index is -0.210. The molecule has 66 valence electrons. The fourth-order valence-corrected chi connectivity index (χ4v) is 0.746. The third-order valence-corrected chi connectivity index (χ3v) is 1.36. The molecule has 3 nitrogen and oxygen atoms in total. The molecule has 0 aromatic carbocycles. The van der Waals surface area contributed by atoms with Gasteiger partial charge in [-0.15, -0.1) is 0 Å². The normalized spacial score (nSPS) is 9.64. The first-order chi connectivity index (χ1) is 5.31. The number of unbranched alkanes of at least 4 members (excludes halogenated alkanes) is 1. The second-order valence-corrected chi connectivity index (χ2v) is 2.57. The molecule has 0 bridgehead atoms. The van der Waals surface area contributed by atoms with Crippen molar-refractivity contribution >= 4 is 18.6 Å². The highest BCUT2D eigenvalue weighted by Crippen LogP contribution is 1.92. The van der Waals surface area contributed by atoms with E-state index in [0.29, 0.717) is 25.2 Å². The van der Waals surface area contributed by atoms with Crippen molar-refractivity contribution in [3.05, 3.63) is 0 Å². The molecule has 0 atom stereocenters. The lowest BCUT2D eigenvalue weighted by Gasteiger charge is -2.01. The van der Waals surface area contributed by atoms with Crippen LogP contribution in [0.1, 0.15) is 19.3 Å². The van der Waals surface area contributed by atoms with Crippen LogP contribution in [-0.4, -0.2) is 30.0 Å². The van der Waals surface area contributed by atoms with E-state index in [1.165, 1.54) is 0 Å². The molecule has 0 amide bonds. The van der Waals surface area contributed by atoms with Crippen molar-refractivity contribution in [1.82, 2.24) is 0 Å². The zero-order chi connectivity index (χ0) is 8.53. The molecule has 11 heavy (non-hydrogen) atoms. The molecule has 0 aliphatic heterocycles.